The van der Waals surface area contributed by atoms with E-state index in [9.17, 15) is 18.0 Å². The first kappa shape index (κ1) is 31.8. The smallest absolute Gasteiger partial charge is 0.264 e. The fourth-order valence-corrected chi connectivity index (χ4v) is 6.54. The maximum Gasteiger partial charge on any atom is 0.264 e. The summed E-state index contributed by atoms with van der Waals surface area (Å²) < 4.78 is 29.2. The van der Waals surface area contributed by atoms with Crippen LogP contribution in [0.1, 0.15) is 29.2 Å². The molecule has 0 fully saturated rings. The van der Waals surface area contributed by atoms with E-state index >= 15 is 0 Å². The van der Waals surface area contributed by atoms with Crippen molar-refractivity contribution in [2.24, 2.45) is 0 Å². The van der Waals surface area contributed by atoms with Gasteiger partial charge in [-0.15, -0.1) is 0 Å². The lowest BCUT2D eigenvalue weighted by Gasteiger charge is -2.34. The highest BCUT2D eigenvalue weighted by molar-refractivity contribution is 7.92. The van der Waals surface area contributed by atoms with Crippen LogP contribution in [0.25, 0.3) is 0 Å². The molecule has 0 unspecified atom stereocenters. The highest BCUT2D eigenvalue weighted by atomic mass is 35.5. The van der Waals surface area contributed by atoms with Crippen molar-refractivity contribution >= 4 is 39.1 Å². The maximum absolute atomic E-state index is 14.4. The Morgan fingerprint density at radius 3 is 2.12 bits per heavy atom. The molecule has 1 N–H and O–H groups in total. The van der Waals surface area contributed by atoms with Gasteiger partial charge in [0.2, 0.25) is 11.8 Å². The molecule has 0 spiro atoms. The number of carbonyl (C=O) groups excluding carboxylic acids is 2. The van der Waals surface area contributed by atoms with E-state index in [-0.39, 0.29) is 34.5 Å². The summed E-state index contributed by atoms with van der Waals surface area (Å²) in [5.74, 6) is -0.856. The van der Waals surface area contributed by atoms with Crippen LogP contribution in [0.2, 0.25) is 5.02 Å². The van der Waals surface area contributed by atoms with Gasteiger partial charge in [0, 0.05) is 19.5 Å². The van der Waals surface area contributed by atoms with E-state index in [2.05, 4.69) is 5.32 Å². The molecule has 0 saturated heterocycles. The number of halogens is 1. The molecule has 4 rings (SSSR count). The largest absolute Gasteiger partial charge is 0.355 e. The molecule has 0 radical (unpaired) electrons. The zero-order chi connectivity index (χ0) is 31.0. The Bertz CT molecular complexity index is 1660. The summed E-state index contributed by atoms with van der Waals surface area (Å²) in [5, 5.41) is 3.05. The molecule has 0 aromatic heterocycles. The Hall–Kier alpha value is -4.14. The van der Waals surface area contributed by atoms with E-state index in [1.807, 2.05) is 75.4 Å². The lowest BCUT2D eigenvalue weighted by molar-refractivity contribution is -0.140. The average molecular weight is 618 g/mol. The van der Waals surface area contributed by atoms with Gasteiger partial charge in [0.1, 0.15) is 12.6 Å². The molecule has 224 valence electrons. The number of rotatable bonds is 12. The van der Waals surface area contributed by atoms with Crippen LogP contribution in [0.15, 0.2) is 108 Å². The molecule has 0 aliphatic heterocycles. The molecule has 0 saturated carbocycles. The average Bonchev–Trinajstić information content (AvgIpc) is 2.99. The van der Waals surface area contributed by atoms with E-state index in [4.69, 9.17) is 11.6 Å². The first-order valence-corrected chi connectivity index (χ1v) is 15.9. The van der Waals surface area contributed by atoms with E-state index in [1.54, 1.807) is 36.4 Å². The minimum atomic E-state index is -4.22. The summed E-state index contributed by atoms with van der Waals surface area (Å²) in [4.78, 5) is 29.5. The van der Waals surface area contributed by atoms with Gasteiger partial charge in [0.15, 0.2) is 0 Å². The van der Waals surface area contributed by atoms with Gasteiger partial charge in [0.25, 0.3) is 10.0 Å². The van der Waals surface area contributed by atoms with Gasteiger partial charge in [-0.1, -0.05) is 96.0 Å². The fourth-order valence-electron chi connectivity index (χ4n) is 4.82. The number of anilines is 1. The van der Waals surface area contributed by atoms with Gasteiger partial charge in [-0.2, -0.15) is 0 Å². The van der Waals surface area contributed by atoms with Crippen molar-refractivity contribution in [3.8, 4) is 0 Å². The number of nitrogens with one attached hydrogen (secondary N) is 1. The Labute approximate surface area is 259 Å². The van der Waals surface area contributed by atoms with Crippen LogP contribution >= 0.6 is 11.6 Å². The van der Waals surface area contributed by atoms with Crippen LogP contribution in [0.5, 0.6) is 0 Å². The molecule has 9 heteroatoms. The van der Waals surface area contributed by atoms with Crippen LogP contribution in [-0.2, 0) is 32.6 Å². The van der Waals surface area contributed by atoms with Crippen LogP contribution in [0.4, 0.5) is 5.69 Å². The van der Waals surface area contributed by atoms with Gasteiger partial charge in [-0.05, 0) is 61.7 Å². The lowest BCUT2D eigenvalue weighted by atomic mass is 10.0. The van der Waals surface area contributed by atoms with Gasteiger partial charge in [-0.25, -0.2) is 8.42 Å². The second kappa shape index (κ2) is 14.4. The Morgan fingerprint density at radius 1 is 0.837 bits per heavy atom. The quantitative estimate of drug-likeness (QED) is 0.214. The number of likely N-dealkylation sites (N-methyl/N-ethyl adjacent to an activating group) is 1. The monoisotopic (exact) mass is 617 g/mol. The number of sulfonamides is 1. The highest BCUT2D eigenvalue weighted by Gasteiger charge is 2.35. The number of nitrogens with zero attached hydrogens (tertiary/aromatic N) is 2. The minimum Gasteiger partial charge on any atom is -0.355 e. The van der Waals surface area contributed by atoms with Crippen molar-refractivity contribution in [3.05, 3.63) is 130 Å². The van der Waals surface area contributed by atoms with E-state index < -0.39 is 28.5 Å². The molecule has 0 aliphatic rings. The number of carbonyl (C=O) groups is 2. The van der Waals surface area contributed by atoms with E-state index in [0.717, 1.165) is 26.6 Å². The Morgan fingerprint density at radius 2 is 1.47 bits per heavy atom. The molecule has 7 nitrogen and oxygen atoms in total. The van der Waals surface area contributed by atoms with Gasteiger partial charge in [0.05, 0.1) is 15.6 Å². The predicted molar refractivity (Wildman–Crippen MR) is 172 cm³/mol. The number of amides is 2. The summed E-state index contributed by atoms with van der Waals surface area (Å²) >= 11 is 6.52. The molecule has 4 aromatic rings. The number of hydrogen-bond donors (Lipinski definition) is 1. The molecular formula is C34H36ClN3O4S. The number of para-hydroxylation sites is 1. The Kier molecular flexibility index (Phi) is 10.6. The standard InChI is InChI=1S/C34H36ClN3O4S/c1-4-36-34(40)32(22-27-13-6-5-7-14-27)37(23-28-15-9-8-12-26(28)3)33(39)24-38(31-17-11-10-16-30(31)35)43(41,42)29-20-18-25(2)19-21-29/h5-21,32H,4,22-24H2,1-3H3,(H,36,40)/t32-/m0/s1. The third-order valence-corrected chi connectivity index (χ3v) is 9.33. The van der Waals surface area contributed by atoms with Crippen molar-refractivity contribution in [3.63, 3.8) is 0 Å². The third-order valence-electron chi connectivity index (χ3n) is 7.23. The predicted octanol–water partition coefficient (Wildman–Crippen LogP) is 5.93. The van der Waals surface area contributed by atoms with Crippen LogP contribution in [0.3, 0.4) is 0 Å². The second-order valence-electron chi connectivity index (χ2n) is 10.3. The van der Waals surface area contributed by atoms with E-state index in [0.29, 0.717) is 6.54 Å². The summed E-state index contributed by atoms with van der Waals surface area (Å²) in [6, 6.07) is 29.1. The molecular weight excluding hydrogens is 582 g/mol. The van der Waals surface area contributed by atoms with E-state index in [1.165, 1.54) is 17.0 Å². The maximum atomic E-state index is 14.4. The van der Waals surface area contributed by atoms with Crippen molar-refractivity contribution in [2.45, 2.75) is 44.7 Å². The zero-order valence-corrected chi connectivity index (χ0v) is 26.1. The third kappa shape index (κ3) is 7.83. The first-order chi connectivity index (χ1) is 20.6. The summed E-state index contributed by atoms with van der Waals surface area (Å²) in [6.07, 6.45) is 0.251. The SMILES string of the molecule is CCNC(=O)[C@H](Cc1ccccc1)N(Cc1ccccc1C)C(=O)CN(c1ccccc1Cl)S(=O)(=O)c1ccc(C)cc1. The minimum absolute atomic E-state index is 0.0286. The lowest BCUT2D eigenvalue weighted by Crippen LogP contribution is -2.53. The second-order valence-corrected chi connectivity index (χ2v) is 12.6. The highest BCUT2D eigenvalue weighted by Crippen LogP contribution is 2.31. The van der Waals surface area contributed by atoms with Crippen LogP contribution in [0, 0.1) is 13.8 Å². The first-order valence-electron chi connectivity index (χ1n) is 14.1. The van der Waals surface area contributed by atoms with Crippen molar-refractivity contribution < 1.29 is 18.0 Å². The molecule has 4 aromatic carbocycles. The summed E-state index contributed by atoms with van der Waals surface area (Å²) in [7, 11) is -4.22. The van der Waals surface area contributed by atoms with Crippen molar-refractivity contribution in [1.29, 1.82) is 0 Å². The Balaban J connectivity index is 1.81. The molecule has 0 aliphatic carbocycles. The molecule has 43 heavy (non-hydrogen) atoms. The van der Waals surface area contributed by atoms with Crippen molar-refractivity contribution in [1.82, 2.24) is 10.2 Å². The molecule has 0 heterocycles. The van der Waals surface area contributed by atoms with Gasteiger partial charge in [-0.3, -0.25) is 13.9 Å². The summed E-state index contributed by atoms with van der Waals surface area (Å²) in [5.41, 5.74) is 3.74. The molecule has 1 atom stereocenters. The molecule has 0 bridgehead atoms. The van der Waals surface area contributed by atoms with Crippen LogP contribution in [-0.4, -0.2) is 44.3 Å². The normalized spacial score (nSPS) is 11.9. The fraction of sp³-hybridized carbons (Fsp3) is 0.235. The van der Waals surface area contributed by atoms with Gasteiger partial charge >= 0.3 is 0 Å². The zero-order valence-electron chi connectivity index (χ0n) is 24.5. The molecule has 2 amide bonds. The topological polar surface area (TPSA) is 86.8 Å². The number of aryl methyl sites for hydroxylation is 2. The van der Waals surface area contributed by atoms with Gasteiger partial charge < -0.3 is 10.2 Å². The number of hydrogen-bond acceptors (Lipinski definition) is 4. The number of benzene rings is 4. The van der Waals surface area contributed by atoms with Crippen molar-refractivity contribution in [2.75, 3.05) is 17.4 Å². The van der Waals surface area contributed by atoms with Crippen LogP contribution < -0.4 is 9.62 Å². The summed E-state index contributed by atoms with van der Waals surface area (Å²) in [6.45, 7) is 5.55.